The van der Waals surface area contributed by atoms with Crippen LogP contribution in [0.15, 0.2) is 0 Å². The molecular formula is C16H27N5O2. The van der Waals surface area contributed by atoms with Crippen LogP contribution in [-0.4, -0.2) is 60.5 Å². The third-order valence-electron chi connectivity index (χ3n) is 4.28. The van der Waals surface area contributed by atoms with Crippen molar-refractivity contribution in [1.29, 1.82) is 5.26 Å². The van der Waals surface area contributed by atoms with Crippen molar-refractivity contribution in [3.63, 3.8) is 0 Å². The lowest BCUT2D eigenvalue weighted by atomic mass is 9.79. The summed E-state index contributed by atoms with van der Waals surface area (Å²) in [5.41, 5.74) is -1.36. The monoisotopic (exact) mass is 321 g/mol. The molecule has 128 valence electrons. The van der Waals surface area contributed by atoms with Crippen LogP contribution < -0.4 is 16.0 Å². The lowest BCUT2D eigenvalue weighted by Crippen LogP contribution is -2.67. The highest BCUT2D eigenvalue weighted by molar-refractivity contribution is 5.87. The lowest BCUT2D eigenvalue weighted by molar-refractivity contribution is -0.138. The number of nitriles is 1. The Labute approximate surface area is 137 Å². The van der Waals surface area contributed by atoms with Crippen molar-refractivity contribution >= 4 is 11.8 Å². The van der Waals surface area contributed by atoms with Gasteiger partial charge in [0, 0.05) is 31.2 Å². The molecule has 0 aromatic rings. The molecule has 2 saturated heterocycles. The Hall–Kier alpha value is -1.65. The number of nitrogens with zero attached hydrogens (tertiary/aromatic N) is 2. The van der Waals surface area contributed by atoms with Gasteiger partial charge in [0.05, 0.1) is 12.1 Å². The van der Waals surface area contributed by atoms with E-state index >= 15 is 0 Å². The van der Waals surface area contributed by atoms with Crippen molar-refractivity contribution in [3.8, 4) is 6.07 Å². The Bertz CT molecular complexity index is 513. The third kappa shape index (κ3) is 4.01. The molecule has 2 heterocycles. The number of amides is 2. The topological polar surface area (TPSA) is 97.3 Å². The molecule has 0 bridgehead atoms. The van der Waals surface area contributed by atoms with E-state index in [-0.39, 0.29) is 23.9 Å². The van der Waals surface area contributed by atoms with E-state index in [1.807, 2.05) is 32.6 Å². The highest BCUT2D eigenvalue weighted by Gasteiger charge is 2.51. The first kappa shape index (κ1) is 17.7. The van der Waals surface area contributed by atoms with Gasteiger partial charge < -0.3 is 16.0 Å². The molecule has 23 heavy (non-hydrogen) atoms. The second-order valence-corrected chi connectivity index (χ2v) is 7.64. The number of likely N-dealkylation sites (tertiary alicyclic amines) is 1. The van der Waals surface area contributed by atoms with Crippen LogP contribution in [0.25, 0.3) is 0 Å². The van der Waals surface area contributed by atoms with Gasteiger partial charge in [-0.3, -0.25) is 14.5 Å². The van der Waals surface area contributed by atoms with Crippen molar-refractivity contribution in [2.45, 2.75) is 51.7 Å². The van der Waals surface area contributed by atoms with Gasteiger partial charge >= 0.3 is 0 Å². The molecule has 2 amide bonds. The second kappa shape index (κ2) is 6.46. The summed E-state index contributed by atoms with van der Waals surface area (Å²) in [4.78, 5) is 26.2. The maximum absolute atomic E-state index is 12.2. The molecule has 0 aliphatic carbocycles. The summed E-state index contributed by atoms with van der Waals surface area (Å²) in [7, 11) is 0. The zero-order valence-corrected chi connectivity index (χ0v) is 14.4. The summed E-state index contributed by atoms with van der Waals surface area (Å²) in [6.07, 6.45) is 0.874. The molecule has 0 radical (unpaired) electrons. The number of nitrogens with one attached hydrogen (secondary N) is 3. The fourth-order valence-electron chi connectivity index (χ4n) is 3.03. The smallest absolute Gasteiger partial charge is 0.243 e. The van der Waals surface area contributed by atoms with Crippen molar-refractivity contribution in [3.05, 3.63) is 0 Å². The molecule has 0 saturated carbocycles. The van der Waals surface area contributed by atoms with E-state index in [9.17, 15) is 14.9 Å². The zero-order chi connectivity index (χ0) is 17.3. The van der Waals surface area contributed by atoms with Gasteiger partial charge in [0.2, 0.25) is 11.8 Å². The zero-order valence-electron chi connectivity index (χ0n) is 14.4. The Kier molecular flexibility index (Phi) is 4.97. The molecule has 2 rings (SSSR count). The predicted molar refractivity (Wildman–Crippen MR) is 86.4 cm³/mol. The van der Waals surface area contributed by atoms with Crippen LogP contribution in [0, 0.1) is 16.7 Å². The molecule has 1 atom stereocenters. The Balaban J connectivity index is 1.84. The Morgan fingerprint density at radius 2 is 2.04 bits per heavy atom. The molecular weight excluding hydrogens is 294 g/mol. The largest absolute Gasteiger partial charge is 0.352 e. The number of carbonyl (C=O) groups excluding carboxylic acids is 2. The van der Waals surface area contributed by atoms with E-state index in [1.165, 1.54) is 0 Å². The van der Waals surface area contributed by atoms with Crippen molar-refractivity contribution in [1.82, 2.24) is 20.9 Å². The first-order valence-corrected chi connectivity index (χ1v) is 8.17. The maximum atomic E-state index is 12.2. The minimum absolute atomic E-state index is 0.0193. The minimum atomic E-state index is -0.958. The first-order chi connectivity index (χ1) is 10.7. The summed E-state index contributed by atoms with van der Waals surface area (Å²) in [6.45, 7) is 10.0. The SMILES string of the molecule is CC(C)NC(=O)C1(C#N)CN(CC(C)(C)NC(=O)C2CCN2)C1. The fraction of sp³-hybridized carbons (Fsp3) is 0.812. The molecule has 2 fully saturated rings. The second-order valence-electron chi connectivity index (χ2n) is 7.64. The van der Waals surface area contributed by atoms with Crippen LogP contribution in [0.4, 0.5) is 0 Å². The molecule has 3 N–H and O–H groups in total. The average Bonchev–Trinajstić information content (AvgIpc) is 2.28. The molecule has 2 aliphatic rings. The van der Waals surface area contributed by atoms with Gasteiger partial charge in [0.1, 0.15) is 0 Å². The van der Waals surface area contributed by atoms with Gasteiger partial charge in [0.25, 0.3) is 0 Å². The normalized spacial score (nSPS) is 23.4. The van der Waals surface area contributed by atoms with Gasteiger partial charge in [-0.1, -0.05) is 0 Å². The van der Waals surface area contributed by atoms with Crippen LogP contribution >= 0.6 is 0 Å². The molecule has 7 nitrogen and oxygen atoms in total. The van der Waals surface area contributed by atoms with E-state index in [4.69, 9.17) is 0 Å². The molecule has 0 spiro atoms. The quantitative estimate of drug-likeness (QED) is 0.618. The van der Waals surface area contributed by atoms with Crippen LogP contribution in [0.5, 0.6) is 0 Å². The van der Waals surface area contributed by atoms with Crippen LogP contribution in [0.3, 0.4) is 0 Å². The van der Waals surface area contributed by atoms with Crippen molar-refractivity contribution < 1.29 is 9.59 Å². The summed E-state index contributed by atoms with van der Waals surface area (Å²) in [5.74, 6) is -0.183. The summed E-state index contributed by atoms with van der Waals surface area (Å²) < 4.78 is 0. The van der Waals surface area contributed by atoms with Crippen LogP contribution in [0.2, 0.25) is 0 Å². The number of carbonyl (C=O) groups is 2. The molecule has 2 aliphatic heterocycles. The molecule has 0 aromatic heterocycles. The molecule has 7 heteroatoms. The third-order valence-corrected chi connectivity index (χ3v) is 4.28. The van der Waals surface area contributed by atoms with Gasteiger partial charge in [-0.25, -0.2) is 0 Å². The maximum Gasteiger partial charge on any atom is 0.243 e. The highest BCUT2D eigenvalue weighted by atomic mass is 16.2. The first-order valence-electron chi connectivity index (χ1n) is 8.17. The van der Waals surface area contributed by atoms with Crippen LogP contribution in [0.1, 0.15) is 34.1 Å². The fourth-order valence-corrected chi connectivity index (χ4v) is 3.03. The van der Waals surface area contributed by atoms with E-state index in [0.717, 1.165) is 13.0 Å². The van der Waals surface area contributed by atoms with E-state index in [0.29, 0.717) is 19.6 Å². The minimum Gasteiger partial charge on any atom is -0.352 e. The molecule has 0 aromatic carbocycles. The van der Waals surface area contributed by atoms with Gasteiger partial charge in [-0.2, -0.15) is 5.26 Å². The summed E-state index contributed by atoms with van der Waals surface area (Å²) >= 11 is 0. The van der Waals surface area contributed by atoms with Gasteiger partial charge in [-0.05, 0) is 40.7 Å². The number of hydrogen-bond acceptors (Lipinski definition) is 5. The van der Waals surface area contributed by atoms with E-state index in [1.54, 1.807) is 0 Å². The summed E-state index contributed by atoms with van der Waals surface area (Å²) in [5, 5.41) is 18.3. The van der Waals surface area contributed by atoms with Crippen molar-refractivity contribution in [2.24, 2.45) is 5.41 Å². The standard InChI is InChI=1S/C16H27N5O2/c1-11(2)19-14(23)16(7-17)9-21(10-16)8-15(3,4)20-13(22)12-5-6-18-12/h11-12,18H,5-6,8-10H2,1-4H3,(H,19,23)(H,20,22). The average molecular weight is 321 g/mol. The van der Waals surface area contributed by atoms with Gasteiger partial charge in [0.15, 0.2) is 5.41 Å². The highest BCUT2D eigenvalue weighted by Crippen LogP contribution is 2.31. The number of hydrogen-bond donors (Lipinski definition) is 3. The number of rotatable bonds is 6. The van der Waals surface area contributed by atoms with Crippen molar-refractivity contribution in [2.75, 3.05) is 26.2 Å². The van der Waals surface area contributed by atoms with Gasteiger partial charge in [-0.15, -0.1) is 0 Å². The van der Waals surface area contributed by atoms with E-state index in [2.05, 4.69) is 22.0 Å². The summed E-state index contributed by atoms with van der Waals surface area (Å²) in [6, 6.07) is 2.10. The van der Waals surface area contributed by atoms with Crippen LogP contribution in [-0.2, 0) is 9.59 Å². The predicted octanol–water partition coefficient (Wildman–Crippen LogP) is -0.407. The Morgan fingerprint density at radius 3 is 2.48 bits per heavy atom. The van der Waals surface area contributed by atoms with E-state index < -0.39 is 11.0 Å². The lowest BCUT2D eigenvalue weighted by Gasteiger charge is -2.47. The molecule has 1 unspecified atom stereocenters. The Morgan fingerprint density at radius 1 is 1.43 bits per heavy atom.